The standard InChI is InChI=1S/C12H2F8.2H3N/c13-3-1-4(14)10(18)7(9(3)17)8-11(19)5(15)2-6(16)12(8)20;;/h1-2H;2*1H3. The van der Waals surface area contributed by atoms with Crippen LogP contribution >= 0.6 is 0 Å². The Bertz CT molecular complexity index is 603. The number of rotatable bonds is 1. The van der Waals surface area contributed by atoms with Crippen LogP contribution in [0.15, 0.2) is 12.1 Å². The second-order valence-corrected chi connectivity index (χ2v) is 3.69. The molecule has 0 aliphatic rings. The summed E-state index contributed by atoms with van der Waals surface area (Å²) in [4.78, 5) is 0. The van der Waals surface area contributed by atoms with E-state index in [0.717, 1.165) is 0 Å². The van der Waals surface area contributed by atoms with Gasteiger partial charge in [0.25, 0.3) is 0 Å². The molecule has 0 bridgehead atoms. The van der Waals surface area contributed by atoms with Gasteiger partial charge in [0.15, 0.2) is 46.5 Å². The molecular weight excluding hydrogens is 324 g/mol. The maximum absolute atomic E-state index is 13.4. The molecular formula is C12H8F8N2. The van der Waals surface area contributed by atoms with Crippen molar-refractivity contribution in [3.05, 3.63) is 58.7 Å². The Morgan fingerprint density at radius 2 is 0.591 bits per heavy atom. The third kappa shape index (κ3) is 2.88. The Morgan fingerprint density at radius 1 is 0.409 bits per heavy atom. The number of benzene rings is 2. The normalized spacial score (nSPS) is 10.0. The van der Waals surface area contributed by atoms with E-state index in [4.69, 9.17) is 0 Å². The maximum atomic E-state index is 13.4. The van der Waals surface area contributed by atoms with Crippen molar-refractivity contribution in [3.8, 4) is 11.1 Å². The molecule has 0 spiro atoms. The van der Waals surface area contributed by atoms with E-state index < -0.39 is 57.7 Å². The fourth-order valence-electron chi connectivity index (χ4n) is 1.59. The second kappa shape index (κ2) is 6.71. The molecule has 6 N–H and O–H groups in total. The summed E-state index contributed by atoms with van der Waals surface area (Å²) in [5.41, 5.74) is -3.73. The van der Waals surface area contributed by atoms with Crippen LogP contribution in [0, 0.1) is 46.5 Å². The van der Waals surface area contributed by atoms with Crippen LogP contribution in [0.5, 0.6) is 0 Å². The van der Waals surface area contributed by atoms with Gasteiger partial charge in [-0.1, -0.05) is 0 Å². The molecule has 0 aliphatic carbocycles. The van der Waals surface area contributed by atoms with Crippen LogP contribution in [0.3, 0.4) is 0 Å². The van der Waals surface area contributed by atoms with Gasteiger partial charge in [0.05, 0.1) is 11.1 Å². The lowest BCUT2D eigenvalue weighted by atomic mass is 10.0. The first kappa shape index (κ1) is 19.8. The zero-order chi connectivity index (χ0) is 15.2. The summed E-state index contributed by atoms with van der Waals surface area (Å²) in [6.07, 6.45) is 0. The van der Waals surface area contributed by atoms with Gasteiger partial charge in [0, 0.05) is 12.1 Å². The first-order valence-corrected chi connectivity index (χ1v) is 4.92. The molecule has 0 heterocycles. The van der Waals surface area contributed by atoms with Crippen molar-refractivity contribution >= 4 is 0 Å². The second-order valence-electron chi connectivity index (χ2n) is 3.69. The number of halogens is 8. The molecule has 0 saturated heterocycles. The zero-order valence-corrected chi connectivity index (χ0v) is 10.6. The quantitative estimate of drug-likeness (QED) is 0.582. The number of hydrogen-bond acceptors (Lipinski definition) is 2. The Morgan fingerprint density at radius 3 is 0.773 bits per heavy atom. The summed E-state index contributed by atoms with van der Waals surface area (Å²) in [5, 5.41) is 0. The molecule has 0 fully saturated rings. The lowest BCUT2D eigenvalue weighted by Gasteiger charge is -2.10. The van der Waals surface area contributed by atoms with E-state index in [1.807, 2.05) is 0 Å². The van der Waals surface area contributed by atoms with Gasteiger partial charge in [-0.05, 0) is 0 Å². The van der Waals surface area contributed by atoms with Crippen LogP contribution in [0.1, 0.15) is 0 Å². The van der Waals surface area contributed by atoms with E-state index in [0.29, 0.717) is 0 Å². The summed E-state index contributed by atoms with van der Waals surface area (Å²) in [5.74, 6) is -16.6. The van der Waals surface area contributed by atoms with Gasteiger partial charge in [-0.15, -0.1) is 0 Å². The molecule has 0 aromatic heterocycles. The first-order valence-electron chi connectivity index (χ1n) is 4.92. The van der Waals surface area contributed by atoms with Crippen LogP contribution < -0.4 is 12.3 Å². The predicted molar refractivity (Wildman–Crippen MR) is 61.6 cm³/mol. The summed E-state index contributed by atoms with van der Waals surface area (Å²) < 4.78 is 105. The fraction of sp³-hybridized carbons (Fsp3) is 0. The lowest BCUT2D eigenvalue weighted by molar-refractivity contribution is 0.441. The van der Waals surface area contributed by atoms with Gasteiger partial charge in [-0.2, -0.15) is 0 Å². The van der Waals surface area contributed by atoms with Crippen LogP contribution in [-0.2, 0) is 0 Å². The Balaban J connectivity index is 0.00000220. The molecule has 0 amide bonds. The molecule has 2 rings (SSSR count). The van der Waals surface area contributed by atoms with Crippen molar-refractivity contribution in [3.63, 3.8) is 0 Å². The summed E-state index contributed by atoms with van der Waals surface area (Å²) in [6.45, 7) is 0. The molecule has 10 heteroatoms. The van der Waals surface area contributed by atoms with E-state index in [9.17, 15) is 35.1 Å². The van der Waals surface area contributed by atoms with Gasteiger partial charge in [0.1, 0.15) is 0 Å². The molecule has 122 valence electrons. The van der Waals surface area contributed by atoms with Crippen molar-refractivity contribution in [1.82, 2.24) is 12.3 Å². The molecule has 0 unspecified atom stereocenters. The van der Waals surface area contributed by atoms with Crippen molar-refractivity contribution in [2.24, 2.45) is 0 Å². The highest BCUT2D eigenvalue weighted by Crippen LogP contribution is 2.35. The van der Waals surface area contributed by atoms with Crippen molar-refractivity contribution in [1.29, 1.82) is 0 Å². The van der Waals surface area contributed by atoms with E-state index in [1.54, 1.807) is 0 Å². The molecule has 2 aromatic rings. The monoisotopic (exact) mass is 332 g/mol. The topological polar surface area (TPSA) is 70.0 Å². The average Bonchev–Trinajstić information content (AvgIpc) is 2.38. The maximum Gasteiger partial charge on any atom is 0.170 e. The highest BCUT2D eigenvalue weighted by molar-refractivity contribution is 5.67. The highest BCUT2D eigenvalue weighted by atomic mass is 19.2. The molecule has 2 nitrogen and oxygen atoms in total. The summed E-state index contributed by atoms with van der Waals surface area (Å²) in [6, 6.07) is -0.417. The predicted octanol–water partition coefficient (Wildman–Crippen LogP) is 4.79. The van der Waals surface area contributed by atoms with E-state index >= 15 is 0 Å². The Kier molecular flexibility index (Phi) is 6.04. The van der Waals surface area contributed by atoms with Gasteiger partial charge in [-0.25, -0.2) is 35.1 Å². The van der Waals surface area contributed by atoms with Gasteiger partial charge < -0.3 is 12.3 Å². The molecule has 0 aliphatic heterocycles. The number of hydrogen-bond donors (Lipinski definition) is 2. The molecule has 0 atom stereocenters. The fourth-order valence-corrected chi connectivity index (χ4v) is 1.59. The largest absolute Gasteiger partial charge is 0.344 e. The molecule has 0 radical (unpaired) electrons. The first-order chi connectivity index (χ1) is 9.25. The SMILES string of the molecule is Fc1cc(F)c(F)c(-c2c(F)c(F)cc(F)c2F)c1F.N.N. The highest BCUT2D eigenvalue weighted by Gasteiger charge is 2.29. The van der Waals surface area contributed by atoms with Gasteiger partial charge >= 0.3 is 0 Å². The van der Waals surface area contributed by atoms with Crippen molar-refractivity contribution in [2.45, 2.75) is 0 Å². The minimum absolute atomic E-state index is 0. The third-order valence-corrected chi connectivity index (χ3v) is 2.47. The van der Waals surface area contributed by atoms with Crippen LogP contribution in [0.2, 0.25) is 0 Å². The molecule has 2 aromatic carbocycles. The summed E-state index contributed by atoms with van der Waals surface area (Å²) >= 11 is 0. The van der Waals surface area contributed by atoms with Crippen molar-refractivity contribution in [2.75, 3.05) is 0 Å². The Hall–Kier alpha value is -2.20. The van der Waals surface area contributed by atoms with E-state index in [2.05, 4.69) is 0 Å². The lowest BCUT2D eigenvalue weighted by Crippen LogP contribution is -2.05. The minimum Gasteiger partial charge on any atom is -0.344 e. The van der Waals surface area contributed by atoms with Crippen LogP contribution in [0.25, 0.3) is 11.1 Å². The smallest absolute Gasteiger partial charge is 0.170 e. The Labute approximate surface area is 118 Å². The molecule has 0 saturated carbocycles. The van der Waals surface area contributed by atoms with Gasteiger partial charge in [0.2, 0.25) is 0 Å². The van der Waals surface area contributed by atoms with Crippen LogP contribution in [-0.4, -0.2) is 0 Å². The van der Waals surface area contributed by atoms with E-state index in [-0.39, 0.29) is 24.4 Å². The average molecular weight is 332 g/mol. The minimum atomic E-state index is -2.17. The van der Waals surface area contributed by atoms with Crippen LogP contribution in [0.4, 0.5) is 35.1 Å². The molecule has 22 heavy (non-hydrogen) atoms. The van der Waals surface area contributed by atoms with E-state index in [1.165, 1.54) is 0 Å². The van der Waals surface area contributed by atoms with Crippen molar-refractivity contribution < 1.29 is 35.1 Å². The zero-order valence-electron chi connectivity index (χ0n) is 10.6. The summed E-state index contributed by atoms with van der Waals surface area (Å²) in [7, 11) is 0. The van der Waals surface area contributed by atoms with Gasteiger partial charge in [-0.3, -0.25) is 0 Å². The third-order valence-electron chi connectivity index (χ3n) is 2.47.